The Morgan fingerprint density at radius 1 is 0.780 bits per heavy atom. The molecule has 0 amide bonds. The Kier molecular flexibility index (Phi) is 17.5. The van der Waals surface area contributed by atoms with Crippen LogP contribution in [0, 0.1) is 0 Å². The van der Waals surface area contributed by atoms with Crippen molar-refractivity contribution in [3.63, 3.8) is 0 Å². The summed E-state index contributed by atoms with van der Waals surface area (Å²) in [7, 11) is -3.79. The Morgan fingerprint density at radius 3 is 1.71 bits per heavy atom. The van der Waals surface area contributed by atoms with Gasteiger partial charge in [0.15, 0.2) is 0 Å². The summed E-state index contributed by atoms with van der Waals surface area (Å²) in [4.78, 5) is 41.7. The van der Waals surface area contributed by atoms with Crippen molar-refractivity contribution in [2.75, 3.05) is 84.8 Å². The van der Waals surface area contributed by atoms with E-state index >= 15 is 0 Å². The number of carbonyl (C=O) groups is 3. The molecule has 0 saturated carbocycles. The number of carboxylic acid groups (broad SMARTS) is 3. The van der Waals surface area contributed by atoms with Crippen LogP contribution in [0.3, 0.4) is 0 Å². The average molecular weight is 610 g/mol. The minimum absolute atomic E-state index is 0.0776. The lowest BCUT2D eigenvalue weighted by molar-refractivity contribution is -0.141. The van der Waals surface area contributed by atoms with Crippen molar-refractivity contribution >= 4 is 27.9 Å². The molecule has 0 aromatic carbocycles. The minimum Gasteiger partial charge on any atom is -0.480 e. The maximum Gasteiger partial charge on any atom is 0.317 e. The van der Waals surface area contributed by atoms with Gasteiger partial charge in [-0.3, -0.25) is 34.0 Å². The quantitative estimate of drug-likeness (QED) is 0.159. The predicted molar refractivity (Wildman–Crippen MR) is 154 cm³/mol. The minimum atomic E-state index is -3.79. The van der Waals surface area contributed by atoms with Gasteiger partial charge in [0.25, 0.3) is 0 Å². The number of rotatable bonds is 17. The Balaban J connectivity index is 3.45. The summed E-state index contributed by atoms with van der Waals surface area (Å²) in [5.41, 5.74) is 0. The van der Waals surface area contributed by atoms with Crippen molar-refractivity contribution in [1.82, 2.24) is 23.9 Å². The Bertz CT molecular complexity index is 906. The molecule has 0 aliphatic carbocycles. The van der Waals surface area contributed by atoms with E-state index in [1.165, 1.54) is 4.31 Å². The van der Waals surface area contributed by atoms with Crippen LogP contribution in [0.2, 0.25) is 0 Å². The van der Waals surface area contributed by atoms with Crippen molar-refractivity contribution < 1.29 is 43.2 Å². The fourth-order valence-electron chi connectivity index (χ4n) is 5.10. The highest BCUT2D eigenvalue weighted by molar-refractivity contribution is 7.88. The fourth-order valence-corrected chi connectivity index (χ4v) is 6.20. The van der Waals surface area contributed by atoms with Crippen molar-refractivity contribution in [3.8, 4) is 0 Å². The molecule has 14 nitrogen and oxygen atoms in total. The zero-order valence-electron chi connectivity index (χ0n) is 24.9. The lowest BCUT2D eigenvalue weighted by Crippen LogP contribution is -2.60. The van der Waals surface area contributed by atoms with Crippen molar-refractivity contribution in [1.29, 1.82) is 0 Å². The summed E-state index contributed by atoms with van der Waals surface area (Å²) >= 11 is 0. The molecular weight excluding hydrogens is 558 g/mol. The molecule has 0 spiro atoms. The zero-order valence-corrected chi connectivity index (χ0v) is 25.7. The number of aliphatic carboxylic acids is 3. The van der Waals surface area contributed by atoms with Crippen molar-refractivity contribution in [2.45, 2.75) is 64.6 Å². The molecule has 2 unspecified atom stereocenters. The van der Waals surface area contributed by atoms with Gasteiger partial charge in [0.1, 0.15) is 0 Å². The standard InChI is InChI=1S/C26H51N5O9S/c1-4-5-6-7-8-9-10-31(41(3,39)40)23-18-29(17-22(2)32)14-13-27(19-24(33)34)11-12-28(20-25(35)36)15-16-30(23)21-26(37)38/h22-23,32H,4-21H2,1-3H3,(H,33,34)(H,35,36)(H,37,38). The summed E-state index contributed by atoms with van der Waals surface area (Å²) in [6.45, 7) is 4.43. The van der Waals surface area contributed by atoms with E-state index in [1.807, 2.05) is 4.90 Å². The van der Waals surface area contributed by atoms with Gasteiger partial charge in [-0.15, -0.1) is 0 Å². The van der Waals surface area contributed by atoms with Gasteiger partial charge in [-0.2, -0.15) is 4.31 Å². The molecule has 2 atom stereocenters. The maximum atomic E-state index is 13.1. The summed E-state index contributed by atoms with van der Waals surface area (Å²) in [5.74, 6) is -3.25. The van der Waals surface area contributed by atoms with Crippen LogP contribution in [-0.2, 0) is 24.4 Å². The first kappa shape index (κ1) is 37.1. The van der Waals surface area contributed by atoms with E-state index in [1.54, 1.807) is 21.6 Å². The third-order valence-electron chi connectivity index (χ3n) is 7.08. The monoisotopic (exact) mass is 609 g/mol. The van der Waals surface area contributed by atoms with Crippen LogP contribution in [0.1, 0.15) is 52.4 Å². The first-order valence-electron chi connectivity index (χ1n) is 14.4. The highest BCUT2D eigenvalue weighted by Gasteiger charge is 2.35. The van der Waals surface area contributed by atoms with E-state index in [2.05, 4.69) is 6.92 Å². The van der Waals surface area contributed by atoms with Crippen LogP contribution in [0.5, 0.6) is 0 Å². The second kappa shape index (κ2) is 19.3. The summed E-state index contributed by atoms with van der Waals surface area (Å²) in [6.07, 6.45) is 5.08. The molecule has 1 aliphatic heterocycles. The van der Waals surface area contributed by atoms with Crippen molar-refractivity contribution in [3.05, 3.63) is 0 Å². The van der Waals surface area contributed by atoms with E-state index in [9.17, 15) is 43.2 Å². The van der Waals surface area contributed by atoms with E-state index < -0.39 is 46.7 Å². The van der Waals surface area contributed by atoms with Gasteiger partial charge in [0.2, 0.25) is 10.0 Å². The largest absolute Gasteiger partial charge is 0.480 e. The number of nitrogens with zero attached hydrogens (tertiary/aromatic N) is 5. The number of sulfonamides is 1. The summed E-state index contributed by atoms with van der Waals surface area (Å²) in [6, 6.07) is 0. The number of hydrogen-bond acceptors (Lipinski definition) is 10. The summed E-state index contributed by atoms with van der Waals surface area (Å²) in [5, 5.41) is 38.8. The molecule has 0 aromatic rings. The Hall–Kier alpha value is -1.88. The average Bonchev–Trinajstić information content (AvgIpc) is 2.83. The van der Waals surface area contributed by atoms with Crippen LogP contribution in [0.15, 0.2) is 0 Å². The number of β-amino-alcohol motifs (C(OH)–C–C–N with tert-alkyl or cyclic N) is 1. The molecular formula is C26H51N5O9S. The van der Waals surface area contributed by atoms with Gasteiger partial charge in [0, 0.05) is 58.9 Å². The topological polar surface area (TPSA) is 182 Å². The van der Waals surface area contributed by atoms with Gasteiger partial charge < -0.3 is 20.4 Å². The zero-order chi connectivity index (χ0) is 31.0. The molecule has 0 radical (unpaired) electrons. The number of aliphatic hydroxyl groups is 1. The smallest absolute Gasteiger partial charge is 0.317 e. The van der Waals surface area contributed by atoms with Gasteiger partial charge in [-0.25, -0.2) is 8.42 Å². The SMILES string of the molecule is CCCCCCCCN(C1CN(CC(C)O)CCN(CC(=O)O)CCN(CC(=O)O)CCN1CC(=O)O)S(C)(=O)=O. The van der Waals surface area contributed by atoms with E-state index in [0.717, 1.165) is 38.4 Å². The third kappa shape index (κ3) is 16.4. The maximum absolute atomic E-state index is 13.1. The lowest BCUT2D eigenvalue weighted by atomic mass is 10.1. The third-order valence-corrected chi connectivity index (χ3v) is 8.36. The summed E-state index contributed by atoms with van der Waals surface area (Å²) < 4.78 is 27.6. The first-order valence-corrected chi connectivity index (χ1v) is 16.3. The van der Waals surface area contributed by atoms with Crippen LogP contribution in [0.4, 0.5) is 0 Å². The molecule has 1 aliphatic rings. The molecule has 0 bridgehead atoms. The molecule has 1 rings (SSSR count). The molecule has 4 N–H and O–H groups in total. The van der Waals surface area contributed by atoms with E-state index in [4.69, 9.17) is 0 Å². The Morgan fingerprint density at radius 2 is 1.24 bits per heavy atom. The highest BCUT2D eigenvalue weighted by atomic mass is 32.2. The molecule has 15 heteroatoms. The number of hydrogen-bond donors (Lipinski definition) is 4. The molecule has 1 heterocycles. The molecule has 1 fully saturated rings. The van der Waals surface area contributed by atoms with E-state index in [0.29, 0.717) is 13.0 Å². The normalized spacial score (nSPS) is 20.4. The first-order chi connectivity index (χ1) is 19.2. The van der Waals surface area contributed by atoms with Crippen LogP contribution in [0.25, 0.3) is 0 Å². The van der Waals surface area contributed by atoms with Gasteiger partial charge in [0.05, 0.1) is 38.2 Å². The van der Waals surface area contributed by atoms with Crippen LogP contribution >= 0.6 is 0 Å². The Labute approximate surface area is 244 Å². The number of unbranched alkanes of at least 4 members (excludes halogenated alkanes) is 5. The van der Waals surface area contributed by atoms with Gasteiger partial charge in [-0.1, -0.05) is 39.0 Å². The molecule has 0 aromatic heterocycles. The lowest BCUT2D eigenvalue weighted by Gasteiger charge is -2.42. The van der Waals surface area contributed by atoms with Gasteiger partial charge in [-0.05, 0) is 13.3 Å². The van der Waals surface area contributed by atoms with Gasteiger partial charge >= 0.3 is 17.9 Å². The second-order valence-corrected chi connectivity index (χ2v) is 12.9. The predicted octanol–water partition coefficient (Wildman–Crippen LogP) is -0.209. The number of carboxylic acids is 3. The van der Waals surface area contributed by atoms with Crippen LogP contribution in [-0.4, -0.2) is 168 Å². The molecule has 1 saturated heterocycles. The molecule has 240 valence electrons. The second-order valence-electron chi connectivity index (χ2n) is 10.9. The fraction of sp³-hybridized carbons (Fsp3) is 0.885. The molecule has 41 heavy (non-hydrogen) atoms. The highest BCUT2D eigenvalue weighted by Crippen LogP contribution is 2.17. The number of aliphatic hydroxyl groups excluding tert-OH is 1. The van der Waals surface area contributed by atoms with Crippen molar-refractivity contribution in [2.24, 2.45) is 0 Å². The van der Waals surface area contributed by atoms with Crippen LogP contribution < -0.4 is 0 Å². The van der Waals surface area contributed by atoms with E-state index in [-0.39, 0.29) is 65.4 Å².